The highest BCUT2D eigenvalue weighted by atomic mass is 31.3. The van der Waals surface area contributed by atoms with Crippen LogP contribution in [0.15, 0.2) is 0 Å². The van der Waals surface area contributed by atoms with E-state index in [9.17, 15) is 34.0 Å². The smallest absolute Gasteiger partial charge is 0.396 e. The first-order valence-electron chi connectivity index (χ1n) is 10.9. The van der Waals surface area contributed by atoms with Gasteiger partial charge in [0.05, 0.1) is 19.3 Å². The summed E-state index contributed by atoms with van der Waals surface area (Å²) in [5.41, 5.74) is 0. The van der Waals surface area contributed by atoms with Crippen molar-refractivity contribution < 1.29 is 70.4 Å². The third-order valence-electron chi connectivity index (χ3n) is 4.95. The average molecular weight is 606 g/mol. The lowest BCUT2D eigenvalue weighted by Crippen LogP contribution is -2.35. The van der Waals surface area contributed by atoms with Gasteiger partial charge in [-0.15, -0.1) is 0 Å². The van der Waals surface area contributed by atoms with Crippen LogP contribution in [0.1, 0.15) is 39.5 Å². The summed E-state index contributed by atoms with van der Waals surface area (Å²) in [4.78, 5) is 39.2. The summed E-state index contributed by atoms with van der Waals surface area (Å²) >= 11 is 0. The molecule has 0 radical (unpaired) electrons. The van der Waals surface area contributed by atoms with Crippen molar-refractivity contribution in [3.05, 3.63) is 0 Å². The number of hydrogen-bond donors (Lipinski definition) is 6. The van der Waals surface area contributed by atoms with E-state index in [4.69, 9.17) is 23.2 Å². The molecule has 1 rings (SSSR count). The molecule has 19 heteroatoms. The lowest BCUT2D eigenvalue weighted by Gasteiger charge is -2.27. The highest BCUT2D eigenvalue weighted by Crippen LogP contribution is 2.67. The molecule has 0 aromatic carbocycles. The molecule has 216 valence electrons. The van der Waals surface area contributed by atoms with Gasteiger partial charge in [-0.2, -0.15) is 4.31 Å². The zero-order valence-corrected chi connectivity index (χ0v) is 24.0. The lowest BCUT2D eigenvalue weighted by molar-refractivity contribution is -0.0136. The normalized spacial score (nSPS) is 30.1. The van der Waals surface area contributed by atoms with Crippen molar-refractivity contribution in [2.45, 2.75) is 63.9 Å². The van der Waals surface area contributed by atoms with Gasteiger partial charge in [0.15, 0.2) is 0 Å². The van der Waals surface area contributed by atoms with E-state index >= 15 is 0 Å². The van der Waals surface area contributed by atoms with Gasteiger partial charge >= 0.3 is 15.6 Å². The van der Waals surface area contributed by atoms with Gasteiger partial charge in [0.2, 0.25) is 7.57 Å². The molecule has 1 heterocycles. The second-order valence-electron chi connectivity index (χ2n) is 8.13. The minimum absolute atomic E-state index is 0.00205. The Kier molecular flexibility index (Phi) is 14.2. The maximum atomic E-state index is 11.8. The van der Waals surface area contributed by atoms with E-state index in [1.165, 1.54) is 6.92 Å². The van der Waals surface area contributed by atoms with Gasteiger partial charge < -0.3 is 48.1 Å². The Morgan fingerprint density at radius 3 is 2.19 bits per heavy atom. The van der Waals surface area contributed by atoms with Gasteiger partial charge in [-0.1, -0.05) is 26.2 Å². The van der Waals surface area contributed by atoms with Crippen LogP contribution in [0.5, 0.6) is 0 Å². The van der Waals surface area contributed by atoms with E-state index in [2.05, 4.69) is 32.7 Å². The summed E-state index contributed by atoms with van der Waals surface area (Å²) in [6.07, 6.45) is 5.76. The summed E-state index contributed by atoms with van der Waals surface area (Å²) < 4.78 is 56.8. The maximum Gasteiger partial charge on any atom is 0.487 e. The van der Waals surface area contributed by atoms with Crippen molar-refractivity contribution in [2.24, 2.45) is 5.92 Å². The van der Waals surface area contributed by atoms with E-state index in [1.54, 1.807) is 0 Å². The van der Waals surface area contributed by atoms with E-state index in [0.717, 1.165) is 26.4 Å². The van der Waals surface area contributed by atoms with E-state index in [0.29, 0.717) is 6.42 Å². The number of aliphatic hydroxyl groups is 2. The van der Waals surface area contributed by atoms with Crippen molar-refractivity contribution in [1.82, 2.24) is 0 Å². The Morgan fingerprint density at radius 2 is 1.64 bits per heavy atom. The van der Waals surface area contributed by atoms with Gasteiger partial charge in [0.1, 0.15) is 18.3 Å². The number of phosphoric acid groups is 2. The fourth-order valence-corrected chi connectivity index (χ4v) is 7.85. The lowest BCUT2D eigenvalue weighted by atomic mass is 10.0. The minimum atomic E-state index is -5.33. The number of unbranched alkanes of at least 4 members (excludes halogenated alkanes) is 2. The topological polar surface area (TPSA) is 220 Å². The zero-order valence-electron chi connectivity index (χ0n) is 20.4. The van der Waals surface area contributed by atoms with Crippen molar-refractivity contribution in [3.8, 4) is 0 Å². The number of aliphatic hydroxyl groups excluding tert-OH is 2. The van der Waals surface area contributed by atoms with Crippen LogP contribution in [-0.4, -0.2) is 93.7 Å². The quantitative estimate of drug-likeness (QED) is 0.0970. The third-order valence-corrected chi connectivity index (χ3v) is 10.6. The van der Waals surface area contributed by atoms with Crippen LogP contribution in [0.25, 0.3) is 0 Å². The van der Waals surface area contributed by atoms with E-state index < -0.39 is 61.8 Å². The molecule has 0 spiro atoms. The molecule has 1 fully saturated rings. The van der Waals surface area contributed by atoms with Crippen molar-refractivity contribution in [1.29, 1.82) is 0 Å². The fraction of sp³-hybridized carbons (Fsp3) is 0.882. The predicted octanol–water partition coefficient (Wildman–Crippen LogP) is 2.00. The van der Waals surface area contributed by atoms with E-state index in [1.807, 2.05) is 0 Å². The first-order valence-corrected chi connectivity index (χ1v) is 17.5. The summed E-state index contributed by atoms with van der Waals surface area (Å²) in [5, 5.41) is 20.1. The molecule has 1 aliphatic rings. The Balaban J connectivity index is 2.66. The average Bonchev–Trinajstić information content (AvgIpc) is 3.00. The molecule has 0 amide bonds. The summed E-state index contributed by atoms with van der Waals surface area (Å²) in [6, 6.07) is 0. The monoisotopic (exact) mass is 606 g/mol. The fourth-order valence-electron chi connectivity index (χ4n) is 3.11. The molecule has 1 saturated heterocycles. The molecule has 9 atom stereocenters. The van der Waals surface area contributed by atoms with Gasteiger partial charge in [0.25, 0.3) is 7.57 Å². The Morgan fingerprint density at radius 1 is 1.00 bits per heavy atom. The molecule has 0 aromatic rings. The molecule has 36 heavy (non-hydrogen) atoms. The van der Waals surface area contributed by atoms with Gasteiger partial charge in [-0.25, -0.2) is 13.4 Å². The minimum Gasteiger partial charge on any atom is -0.396 e. The van der Waals surface area contributed by atoms with Crippen molar-refractivity contribution >= 4 is 43.4 Å². The number of rotatable bonds is 18. The second-order valence-corrected chi connectivity index (χ2v) is 15.0. The van der Waals surface area contributed by atoms with Gasteiger partial charge in [-0.3, -0.25) is 4.52 Å². The summed E-state index contributed by atoms with van der Waals surface area (Å²) in [6.45, 7) is 2.83. The molecule has 0 aromatic heterocycles. The molecule has 0 aliphatic carbocycles. The van der Waals surface area contributed by atoms with Crippen LogP contribution in [0, 0.1) is 5.92 Å². The molecule has 6 N–H and O–H groups in total. The first-order chi connectivity index (χ1) is 16.5. The molecule has 15 nitrogen and oxygen atoms in total. The van der Waals surface area contributed by atoms with Crippen LogP contribution in [-0.2, 0) is 40.6 Å². The highest BCUT2D eigenvalue weighted by molar-refractivity contribution is 7.70. The molecular formula is C17H38O15P4. The standard InChI is InChI=1S/C17H38O15P4/c1-6-7-8-9-14(10-18)11-27-33(4,20)30-17-13(2)29-15(16(17)19)12-28-34(5,21)31-36(24,25)32-35(22,23)26-3/h13-21H,4-12H2,1-3H3,(H,22,23)(H,24,25)/t13-,14?,15+,16-,17?,33?,34?/m0/s1. The van der Waals surface area contributed by atoms with Gasteiger partial charge in [0, 0.05) is 19.6 Å². The Hall–Kier alpha value is 0.540. The molecule has 1 aliphatic heterocycles. The number of ether oxygens (including phenoxy) is 1. The van der Waals surface area contributed by atoms with Crippen LogP contribution in [0.3, 0.4) is 0 Å². The van der Waals surface area contributed by atoms with Crippen LogP contribution < -0.4 is 0 Å². The SMILES string of the molecule is C=P(O)(OCC(CO)CCCCC)OC1[C@H](C)O[C@H](COP(=C)(O)OP(=O)(O)OP(=O)(O)OC)[C@@H]1O. The zero-order chi connectivity index (χ0) is 27.8. The van der Waals surface area contributed by atoms with Crippen LogP contribution >= 0.6 is 30.8 Å². The van der Waals surface area contributed by atoms with Crippen LogP contribution in [0.2, 0.25) is 0 Å². The number of hydrogen-bond acceptors (Lipinski definition) is 13. The first kappa shape index (κ1) is 34.6. The molecule has 0 saturated carbocycles. The maximum absolute atomic E-state index is 11.8. The van der Waals surface area contributed by atoms with Crippen LogP contribution in [0.4, 0.5) is 0 Å². The Bertz CT molecular complexity index is 869. The third kappa shape index (κ3) is 12.6. The Labute approximate surface area is 210 Å². The number of phosphoric ester groups is 1. The molecule has 0 bridgehead atoms. The van der Waals surface area contributed by atoms with E-state index in [-0.39, 0.29) is 19.1 Å². The summed E-state index contributed by atoms with van der Waals surface area (Å²) in [7, 11) is -17.6. The van der Waals surface area contributed by atoms with Crippen molar-refractivity contribution in [3.63, 3.8) is 0 Å². The predicted molar refractivity (Wildman–Crippen MR) is 133 cm³/mol. The highest BCUT2D eigenvalue weighted by Gasteiger charge is 2.45. The van der Waals surface area contributed by atoms with Gasteiger partial charge in [-0.05, 0) is 25.9 Å². The summed E-state index contributed by atoms with van der Waals surface area (Å²) in [5.74, 6) is -0.217. The largest absolute Gasteiger partial charge is 0.487 e. The molecular weight excluding hydrogens is 568 g/mol. The second kappa shape index (κ2) is 14.8. The molecule has 6 unspecified atom stereocenters. The van der Waals surface area contributed by atoms with Crippen molar-refractivity contribution in [2.75, 3.05) is 26.9 Å².